The van der Waals surface area contributed by atoms with Crippen LogP contribution in [0.2, 0.25) is 0 Å². The molecule has 1 saturated heterocycles. The molecule has 2 aromatic rings. The standard InChI is InChI=1S/C22H30N4O2/c1-2-3-4-8-13-23-21(27)18-12-9-14-26(16-18)22(28)20-15-19(24-25-20)17-10-6-5-7-11-17/h5-7,10-11,15,18H,2-4,8-9,12-14,16H2,1H3,(H,23,27)(H,24,25). The lowest BCUT2D eigenvalue weighted by Gasteiger charge is -2.31. The maximum Gasteiger partial charge on any atom is 0.271 e. The van der Waals surface area contributed by atoms with Gasteiger partial charge in [-0.15, -0.1) is 0 Å². The van der Waals surface area contributed by atoms with E-state index in [1.807, 2.05) is 30.3 Å². The van der Waals surface area contributed by atoms with Gasteiger partial charge in [0.2, 0.25) is 5.91 Å². The van der Waals surface area contributed by atoms with Crippen LogP contribution in [0.1, 0.15) is 55.9 Å². The lowest BCUT2D eigenvalue weighted by Crippen LogP contribution is -2.45. The number of H-pyrrole nitrogens is 1. The Hall–Kier alpha value is -2.63. The first-order valence-electron chi connectivity index (χ1n) is 10.4. The van der Waals surface area contributed by atoms with Crippen molar-refractivity contribution < 1.29 is 9.59 Å². The van der Waals surface area contributed by atoms with Gasteiger partial charge in [0.05, 0.1) is 11.6 Å². The molecule has 1 aromatic carbocycles. The van der Waals surface area contributed by atoms with Crippen molar-refractivity contribution in [3.63, 3.8) is 0 Å². The van der Waals surface area contributed by atoms with Crippen LogP contribution in [0.3, 0.4) is 0 Å². The second kappa shape index (κ2) is 10.1. The molecule has 3 rings (SSSR count). The van der Waals surface area contributed by atoms with E-state index in [0.29, 0.717) is 18.8 Å². The number of unbranched alkanes of at least 4 members (excludes halogenated alkanes) is 3. The molecule has 150 valence electrons. The highest BCUT2D eigenvalue weighted by atomic mass is 16.2. The van der Waals surface area contributed by atoms with Gasteiger partial charge < -0.3 is 10.2 Å². The van der Waals surface area contributed by atoms with Crippen molar-refractivity contribution in [3.05, 3.63) is 42.1 Å². The van der Waals surface area contributed by atoms with Crippen LogP contribution in [0, 0.1) is 5.92 Å². The number of rotatable bonds is 8. The second-order valence-corrected chi connectivity index (χ2v) is 7.47. The number of aromatic nitrogens is 2. The molecule has 1 unspecified atom stereocenters. The predicted octanol–water partition coefficient (Wildman–Crippen LogP) is 3.63. The first-order chi connectivity index (χ1) is 13.7. The van der Waals surface area contributed by atoms with Crippen molar-refractivity contribution in [3.8, 4) is 11.3 Å². The van der Waals surface area contributed by atoms with E-state index in [-0.39, 0.29) is 17.7 Å². The van der Waals surface area contributed by atoms with Crippen LogP contribution in [0.5, 0.6) is 0 Å². The molecule has 0 aliphatic carbocycles. The summed E-state index contributed by atoms with van der Waals surface area (Å²) in [6, 6.07) is 11.6. The van der Waals surface area contributed by atoms with Crippen molar-refractivity contribution in [2.24, 2.45) is 5.92 Å². The van der Waals surface area contributed by atoms with Crippen LogP contribution in [0.15, 0.2) is 36.4 Å². The number of amides is 2. The number of likely N-dealkylation sites (tertiary alicyclic amines) is 1. The van der Waals surface area contributed by atoms with E-state index in [9.17, 15) is 9.59 Å². The number of nitrogens with one attached hydrogen (secondary N) is 2. The Bertz CT molecular complexity index is 772. The summed E-state index contributed by atoms with van der Waals surface area (Å²) < 4.78 is 0. The number of aromatic amines is 1. The minimum absolute atomic E-state index is 0.0728. The molecule has 0 saturated carbocycles. The van der Waals surface area contributed by atoms with Gasteiger partial charge in [-0.05, 0) is 25.3 Å². The summed E-state index contributed by atoms with van der Waals surface area (Å²) in [5.41, 5.74) is 2.19. The van der Waals surface area contributed by atoms with Gasteiger partial charge >= 0.3 is 0 Å². The quantitative estimate of drug-likeness (QED) is 0.685. The van der Waals surface area contributed by atoms with Crippen molar-refractivity contribution in [1.29, 1.82) is 0 Å². The second-order valence-electron chi connectivity index (χ2n) is 7.47. The van der Waals surface area contributed by atoms with E-state index >= 15 is 0 Å². The first kappa shape index (κ1) is 20.1. The molecule has 1 aromatic heterocycles. The Morgan fingerprint density at radius 2 is 2.04 bits per heavy atom. The molecule has 28 heavy (non-hydrogen) atoms. The molecule has 0 radical (unpaired) electrons. The molecule has 1 aliphatic rings. The summed E-state index contributed by atoms with van der Waals surface area (Å²) in [7, 11) is 0. The van der Waals surface area contributed by atoms with E-state index < -0.39 is 0 Å². The molecule has 0 spiro atoms. The Balaban J connectivity index is 1.54. The van der Waals surface area contributed by atoms with Gasteiger partial charge in [0, 0.05) is 25.2 Å². The van der Waals surface area contributed by atoms with E-state index in [0.717, 1.165) is 43.5 Å². The summed E-state index contributed by atoms with van der Waals surface area (Å²) >= 11 is 0. The Labute approximate surface area is 166 Å². The Morgan fingerprint density at radius 1 is 1.21 bits per heavy atom. The zero-order valence-electron chi connectivity index (χ0n) is 16.6. The highest BCUT2D eigenvalue weighted by Crippen LogP contribution is 2.21. The number of nitrogens with zero attached hydrogens (tertiary/aromatic N) is 2. The summed E-state index contributed by atoms with van der Waals surface area (Å²) in [6.45, 7) is 4.05. The molecule has 1 atom stereocenters. The molecule has 6 heteroatoms. The van der Waals surface area contributed by atoms with Gasteiger partial charge in [0.25, 0.3) is 5.91 Å². The van der Waals surface area contributed by atoms with Crippen LogP contribution in [0.25, 0.3) is 11.3 Å². The maximum atomic E-state index is 12.9. The van der Waals surface area contributed by atoms with E-state index in [2.05, 4.69) is 22.4 Å². The minimum Gasteiger partial charge on any atom is -0.356 e. The third kappa shape index (κ3) is 5.21. The molecule has 1 aliphatic heterocycles. The molecular formula is C22H30N4O2. The third-order valence-electron chi connectivity index (χ3n) is 5.29. The number of hydrogen-bond donors (Lipinski definition) is 2. The van der Waals surface area contributed by atoms with Crippen LogP contribution in [-0.2, 0) is 4.79 Å². The first-order valence-corrected chi connectivity index (χ1v) is 10.4. The Kier molecular flexibility index (Phi) is 7.23. The molecule has 2 N–H and O–H groups in total. The van der Waals surface area contributed by atoms with E-state index in [4.69, 9.17) is 0 Å². The van der Waals surface area contributed by atoms with Gasteiger partial charge in [-0.3, -0.25) is 14.7 Å². The summed E-state index contributed by atoms with van der Waals surface area (Å²) in [5.74, 6) is -0.140. The molecule has 6 nitrogen and oxygen atoms in total. The summed E-state index contributed by atoms with van der Waals surface area (Å²) in [6.07, 6.45) is 6.24. The van der Waals surface area contributed by atoms with Crippen molar-refractivity contribution in [1.82, 2.24) is 20.4 Å². The van der Waals surface area contributed by atoms with Crippen LogP contribution in [0.4, 0.5) is 0 Å². The maximum absolute atomic E-state index is 12.9. The highest BCUT2D eigenvalue weighted by Gasteiger charge is 2.29. The van der Waals surface area contributed by atoms with Gasteiger partial charge in [-0.25, -0.2) is 0 Å². The summed E-state index contributed by atoms with van der Waals surface area (Å²) in [4.78, 5) is 27.1. The lowest BCUT2D eigenvalue weighted by atomic mass is 9.96. The molecule has 2 amide bonds. The van der Waals surface area contributed by atoms with Crippen molar-refractivity contribution >= 4 is 11.8 Å². The van der Waals surface area contributed by atoms with Gasteiger partial charge in [0.15, 0.2) is 0 Å². The zero-order chi connectivity index (χ0) is 19.8. The van der Waals surface area contributed by atoms with Gasteiger partial charge in [0.1, 0.15) is 5.69 Å². The molecular weight excluding hydrogens is 352 g/mol. The lowest BCUT2D eigenvalue weighted by molar-refractivity contribution is -0.126. The number of carbonyl (C=O) groups is 2. The van der Waals surface area contributed by atoms with Crippen LogP contribution in [-0.4, -0.2) is 46.5 Å². The largest absolute Gasteiger partial charge is 0.356 e. The highest BCUT2D eigenvalue weighted by molar-refractivity contribution is 5.94. The smallest absolute Gasteiger partial charge is 0.271 e. The average Bonchev–Trinajstić information content (AvgIpc) is 3.24. The fourth-order valence-corrected chi connectivity index (χ4v) is 3.64. The van der Waals surface area contributed by atoms with Crippen LogP contribution >= 0.6 is 0 Å². The SMILES string of the molecule is CCCCCCNC(=O)C1CCCN(C(=O)c2cc(-c3ccccc3)n[nH]2)C1. The number of carbonyl (C=O) groups excluding carboxylic acids is 2. The molecule has 2 heterocycles. The van der Waals surface area contributed by atoms with Crippen molar-refractivity contribution in [2.75, 3.05) is 19.6 Å². The van der Waals surface area contributed by atoms with Gasteiger partial charge in [-0.1, -0.05) is 56.5 Å². The fraction of sp³-hybridized carbons (Fsp3) is 0.500. The molecule has 1 fully saturated rings. The Morgan fingerprint density at radius 3 is 2.82 bits per heavy atom. The third-order valence-corrected chi connectivity index (χ3v) is 5.29. The van der Waals surface area contributed by atoms with E-state index in [1.165, 1.54) is 12.8 Å². The van der Waals surface area contributed by atoms with Crippen LogP contribution < -0.4 is 5.32 Å². The monoisotopic (exact) mass is 382 g/mol. The number of hydrogen-bond acceptors (Lipinski definition) is 3. The normalized spacial score (nSPS) is 16.8. The summed E-state index contributed by atoms with van der Waals surface area (Å²) in [5, 5.41) is 10.2. The minimum atomic E-state index is -0.125. The number of piperidine rings is 1. The van der Waals surface area contributed by atoms with Crippen molar-refractivity contribution in [2.45, 2.75) is 45.4 Å². The average molecular weight is 383 g/mol. The predicted molar refractivity (Wildman–Crippen MR) is 110 cm³/mol. The number of benzene rings is 1. The zero-order valence-corrected chi connectivity index (χ0v) is 16.6. The molecule has 0 bridgehead atoms. The van der Waals surface area contributed by atoms with E-state index in [1.54, 1.807) is 11.0 Å². The fourth-order valence-electron chi connectivity index (χ4n) is 3.64. The van der Waals surface area contributed by atoms with Gasteiger partial charge in [-0.2, -0.15) is 5.10 Å². The topological polar surface area (TPSA) is 78.1 Å².